The first-order valence-corrected chi connectivity index (χ1v) is 4.11. The van der Waals surface area contributed by atoms with Crippen molar-refractivity contribution in [1.82, 2.24) is 0 Å². The van der Waals surface area contributed by atoms with Gasteiger partial charge in [0.1, 0.15) is 5.82 Å². The van der Waals surface area contributed by atoms with Crippen LogP contribution in [0.25, 0.3) is 0 Å². The Kier molecular flexibility index (Phi) is 4.75. The molecule has 0 heterocycles. The van der Waals surface area contributed by atoms with Crippen LogP contribution in [0, 0.1) is 5.82 Å². The Morgan fingerprint density at radius 1 is 1.50 bits per heavy atom. The highest BCUT2D eigenvalue weighted by atomic mass is 79.9. The van der Waals surface area contributed by atoms with Crippen LogP contribution in [0.15, 0.2) is 22.7 Å². The molecule has 0 aliphatic carbocycles. The fraction of sp³-hybridized carbons (Fsp3) is 0.250. The van der Waals surface area contributed by atoms with Gasteiger partial charge in [0.2, 0.25) is 0 Å². The van der Waals surface area contributed by atoms with Gasteiger partial charge in [-0.2, -0.15) is 0 Å². The molecule has 0 aromatic heterocycles. The van der Waals surface area contributed by atoms with Crippen molar-refractivity contribution in [3.05, 3.63) is 34.1 Å². The van der Waals surface area contributed by atoms with E-state index in [9.17, 15) is 4.39 Å². The molecule has 0 saturated carbocycles. The average Bonchev–Trinajstić information content (AvgIpc) is 1.85. The van der Waals surface area contributed by atoms with Crippen molar-refractivity contribution >= 4 is 28.3 Å². The summed E-state index contributed by atoms with van der Waals surface area (Å²) in [6.45, 7) is 1.86. The summed E-state index contributed by atoms with van der Waals surface area (Å²) < 4.78 is 13.3. The molecule has 1 rings (SSSR count). The smallest absolute Gasteiger partial charge is 0.124 e. The van der Waals surface area contributed by atoms with Crippen LogP contribution in [0.4, 0.5) is 4.39 Å². The molecule has 0 spiro atoms. The van der Waals surface area contributed by atoms with Crippen molar-refractivity contribution in [1.29, 1.82) is 0 Å². The van der Waals surface area contributed by atoms with Gasteiger partial charge in [0, 0.05) is 10.5 Å². The van der Waals surface area contributed by atoms with Crippen LogP contribution in [0.5, 0.6) is 0 Å². The third-order valence-electron chi connectivity index (χ3n) is 1.45. The van der Waals surface area contributed by atoms with E-state index in [1.54, 1.807) is 6.07 Å². The van der Waals surface area contributed by atoms with Crippen LogP contribution in [0.3, 0.4) is 0 Å². The minimum atomic E-state index is -0.249. The van der Waals surface area contributed by atoms with Gasteiger partial charge in [-0.3, -0.25) is 0 Å². The molecular weight excluding hydrogens is 244 g/mol. The molecule has 0 bridgehead atoms. The first-order valence-electron chi connectivity index (χ1n) is 3.32. The molecule has 4 heteroatoms. The second-order valence-electron chi connectivity index (χ2n) is 2.45. The molecular formula is C8H10BrClFN. The summed E-state index contributed by atoms with van der Waals surface area (Å²) in [6.07, 6.45) is 0. The van der Waals surface area contributed by atoms with Gasteiger partial charge in [-0.05, 0) is 24.6 Å². The molecule has 0 aliphatic heterocycles. The molecule has 0 fully saturated rings. The fourth-order valence-corrected chi connectivity index (χ4v) is 1.58. The minimum absolute atomic E-state index is 0. The van der Waals surface area contributed by atoms with Crippen molar-refractivity contribution in [2.24, 2.45) is 5.73 Å². The summed E-state index contributed by atoms with van der Waals surface area (Å²) in [5, 5.41) is 0. The van der Waals surface area contributed by atoms with Gasteiger partial charge in [-0.25, -0.2) is 4.39 Å². The lowest BCUT2D eigenvalue weighted by atomic mass is 10.1. The maximum Gasteiger partial charge on any atom is 0.124 e. The third kappa shape index (κ3) is 2.73. The molecule has 1 nitrogen and oxygen atoms in total. The van der Waals surface area contributed by atoms with Gasteiger partial charge in [0.15, 0.2) is 0 Å². The van der Waals surface area contributed by atoms with Crippen LogP contribution in [-0.4, -0.2) is 0 Å². The van der Waals surface area contributed by atoms with E-state index in [-0.39, 0.29) is 24.3 Å². The van der Waals surface area contributed by atoms with Gasteiger partial charge < -0.3 is 5.73 Å². The van der Waals surface area contributed by atoms with E-state index in [1.165, 1.54) is 12.1 Å². The molecule has 0 saturated heterocycles. The normalized spacial score (nSPS) is 12.0. The molecule has 1 atom stereocenters. The Labute approximate surface area is 85.7 Å². The number of nitrogens with two attached hydrogens (primary N) is 1. The lowest BCUT2D eigenvalue weighted by Crippen LogP contribution is -2.05. The van der Waals surface area contributed by atoms with Crippen LogP contribution in [-0.2, 0) is 0 Å². The standard InChI is InChI=1S/C8H9BrFN.ClH/c1-5(11)7-3-2-6(10)4-8(7)9;/h2-5H,11H2,1H3;1H/t5-;/m1./s1. The fourth-order valence-electron chi connectivity index (χ4n) is 0.871. The summed E-state index contributed by atoms with van der Waals surface area (Å²) in [7, 11) is 0. The van der Waals surface area contributed by atoms with Crippen LogP contribution in [0.1, 0.15) is 18.5 Å². The van der Waals surface area contributed by atoms with Crippen LogP contribution < -0.4 is 5.73 Å². The molecule has 12 heavy (non-hydrogen) atoms. The zero-order chi connectivity index (χ0) is 8.43. The van der Waals surface area contributed by atoms with Crippen molar-refractivity contribution in [2.45, 2.75) is 13.0 Å². The van der Waals surface area contributed by atoms with Crippen molar-refractivity contribution in [2.75, 3.05) is 0 Å². The quantitative estimate of drug-likeness (QED) is 0.819. The lowest BCUT2D eigenvalue weighted by molar-refractivity contribution is 0.624. The Hall–Kier alpha value is -0.120. The zero-order valence-corrected chi connectivity index (χ0v) is 8.95. The highest BCUT2D eigenvalue weighted by Crippen LogP contribution is 2.22. The highest BCUT2D eigenvalue weighted by Gasteiger charge is 2.04. The number of hydrogen-bond donors (Lipinski definition) is 1. The van der Waals surface area contributed by atoms with E-state index >= 15 is 0 Å². The van der Waals surface area contributed by atoms with Gasteiger partial charge in [-0.15, -0.1) is 12.4 Å². The summed E-state index contributed by atoms with van der Waals surface area (Å²) in [5.74, 6) is -0.249. The largest absolute Gasteiger partial charge is 0.324 e. The Morgan fingerprint density at radius 2 is 2.08 bits per heavy atom. The molecule has 0 unspecified atom stereocenters. The molecule has 2 N–H and O–H groups in total. The van der Waals surface area contributed by atoms with E-state index < -0.39 is 0 Å². The lowest BCUT2D eigenvalue weighted by Gasteiger charge is -2.07. The summed E-state index contributed by atoms with van der Waals surface area (Å²) in [5.41, 5.74) is 6.53. The monoisotopic (exact) mass is 253 g/mol. The van der Waals surface area contributed by atoms with Crippen molar-refractivity contribution in [3.63, 3.8) is 0 Å². The van der Waals surface area contributed by atoms with E-state index in [4.69, 9.17) is 5.73 Å². The molecule has 68 valence electrons. The molecule has 1 aromatic carbocycles. The topological polar surface area (TPSA) is 26.0 Å². The maximum atomic E-state index is 12.5. The minimum Gasteiger partial charge on any atom is -0.324 e. The predicted molar refractivity (Wildman–Crippen MR) is 54.0 cm³/mol. The Balaban J connectivity index is 0.00000121. The maximum absolute atomic E-state index is 12.5. The second kappa shape index (κ2) is 4.80. The second-order valence-corrected chi connectivity index (χ2v) is 3.31. The van der Waals surface area contributed by atoms with Gasteiger partial charge in [0.05, 0.1) is 0 Å². The third-order valence-corrected chi connectivity index (χ3v) is 2.14. The first kappa shape index (κ1) is 11.9. The zero-order valence-electron chi connectivity index (χ0n) is 6.55. The number of benzene rings is 1. The molecule has 1 aromatic rings. The molecule has 0 radical (unpaired) electrons. The number of halogens is 3. The van der Waals surface area contributed by atoms with E-state index in [0.29, 0.717) is 0 Å². The molecule has 0 amide bonds. The Bertz CT molecular complexity index is 265. The first-order chi connectivity index (χ1) is 5.11. The highest BCUT2D eigenvalue weighted by molar-refractivity contribution is 9.10. The van der Waals surface area contributed by atoms with Crippen molar-refractivity contribution in [3.8, 4) is 0 Å². The average molecular weight is 255 g/mol. The van der Waals surface area contributed by atoms with Gasteiger partial charge in [-0.1, -0.05) is 22.0 Å². The number of rotatable bonds is 1. The van der Waals surface area contributed by atoms with Gasteiger partial charge in [0.25, 0.3) is 0 Å². The summed E-state index contributed by atoms with van der Waals surface area (Å²) in [6, 6.07) is 4.44. The summed E-state index contributed by atoms with van der Waals surface area (Å²) >= 11 is 3.23. The van der Waals surface area contributed by atoms with Crippen LogP contribution in [0.2, 0.25) is 0 Å². The SMILES string of the molecule is C[C@@H](N)c1ccc(F)cc1Br.Cl. The van der Waals surface area contributed by atoms with Crippen molar-refractivity contribution < 1.29 is 4.39 Å². The summed E-state index contributed by atoms with van der Waals surface area (Å²) in [4.78, 5) is 0. The Morgan fingerprint density at radius 3 is 2.50 bits per heavy atom. The number of hydrogen-bond acceptors (Lipinski definition) is 1. The van der Waals surface area contributed by atoms with E-state index in [2.05, 4.69) is 15.9 Å². The predicted octanol–water partition coefficient (Wildman–Crippen LogP) is 3.03. The van der Waals surface area contributed by atoms with E-state index in [1.807, 2.05) is 6.92 Å². The van der Waals surface area contributed by atoms with Crippen LogP contribution >= 0.6 is 28.3 Å². The molecule has 0 aliphatic rings. The van der Waals surface area contributed by atoms with Gasteiger partial charge >= 0.3 is 0 Å². The van der Waals surface area contributed by atoms with E-state index in [0.717, 1.165) is 10.0 Å².